The molecule has 0 saturated heterocycles. The minimum Gasteiger partial charge on any atom is -0.396 e. The van der Waals surface area contributed by atoms with E-state index in [2.05, 4.69) is 103 Å². The first-order valence-electron chi connectivity index (χ1n) is 9.83. The first-order valence-corrected chi connectivity index (χ1v) is 11.9. The van der Waals surface area contributed by atoms with E-state index in [-0.39, 0.29) is 0 Å². The fourth-order valence-corrected chi connectivity index (χ4v) is 7.95. The van der Waals surface area contributed by atoms with Crippen LogP contribution in [0.1, 0.15) is 25.7 Å². The summed E-state index contributed by atoms with van der Waals surface area (Å²) < 4.78 is 0. The number of unbranched alkanes of at least 4 members (excludes halogenated alkanes) is 3. The Kier molecular flexibility index (Phi) is 7.20. The highest BCUT2D eigenvalue weighted by Crippen LogP contribution is 2.11. The van der Waals surface area contributed by atoms with Crippen LogP contribution in [0.2, 0.25) is 0 Å². The van der Waals surface area contributed by atoms with Crippen LogP contribution in [0.3, 0.4) is 0 Å². The Balaban J connectivity index is 2.07. The van der Waals surface area contributed by atoms with Gasteiger partial charge in [-0.1, -0.05) is 109 Å². The van der Waals surface area contributed by atoms with Gasteiger partial charge in [-0.2, -0.15) is 0 Å². The summed E-state index contributed by atoms with van der Waals surface area (Å²) in [6.07, 6.45) is 6.53. The van der Waals surface area contributed by atoms with E-state index in [4.69, 9.17) is 5.11 Å². The number of hydrogen-bond donors (Lipinski definition) is 1. The molecule has 1 N–H and O–H groups in total. The maximum absolute atomic E-state index is 8.99. The van der Waals surface area contributed by atoms with Crippen LogP contribution in [-0.4, -0.2) is 19.8 Å². The van der Waals surface area contributed by atoms with Crippen molar-refractivity contribution < 1.29 is 5.11 Å². The third-order valence-electron chi connectivity index (χ3n) is 5.08. The molecule has 0 aliphatic heterocycles. The topological polar surface area (TPSA) is 20.2 Å². The van der Waals surface area contributed by atoms with E-state index >= 15 is 0 Å². The molecule has 0 unspecified atom stereocenters. The van der Waals surface area contributed by atoms with Gasteiger partial charge in [0.2, 0.25) is 0 Å². The molecule has 1 nitrogen and oxygen atoms in total. The van der Waals surface area contributed by atoms with E-state index in [0.717, 1.165) is 25.7 Å². The van der Waals surface area contributed by atoms with E-state index in [9.17, 15) is 0 Å². The van der Waals surface area contributed by atoms with E-state index in [1.165, 1.54) is 15.6 Å². The Morgan fingerprint density at radius 2 is 1.04 bits per heavy atom. The highest BCUT2D eigenvalue weighted by Gasteiger charge is 2.36. The molecule has 3 aromatic rings. The van der Waals surface area contributed by atoms with Gasteiger partial charge in [0.1, 0.15) is 0 Å². The van der Waals surface area contributed by atoms with Crippen molar-refractivity contribution in [1.82, 2.24) is 0 Å². The molecular formula is C25H28OSi. The predicted octanol–water partition coefficient (Wildman–Crippen LogP) is 3.80. The van der Waals surface area contributed by atoms with Crippen molar-refractivity contribution in [2.75, 3.05) is 6.61 Å². The molecule has 0 bridgehead atoms. The molecule has 0 radical (unpaired) electrons. The zero-order valence-corrected chi connectivity index (χ0v) is 16.8. The van der Waals surface area contributed by atoms with Crippen LogP contribution >= 0.6 is 0 Å². The molecule has 3 rings (SSSR count). The highest BCUT2D eigenvalue weighted by molar-refractivity contribution is 7.14. The lowest BCUT2D eigenvalue weighted by molar-refractivity contribution is 0.283. The Hall–Kier alpha value is -2.42. The van der Waals surface area contributed by atoms with Gasteiger partial charge >= 0.3 is 0 Å². The molecule has 0 spiro atoms. The third-order valence-corrected chi connectivity index (χ3v) is 9.55. The fourth-order valence-electron chi connectivity index (χ4n) is 3.70. The Morgan fingerprint density at radius 3 is 1.44 bits per heavy atom. The van der Waals surface area contributed by atoms with Crippen LogP contribution in [0.15, 0.2) is 103 Å². The van der Waals surface area contributed by atoms with Crippen LogP contribution < -0.4 is 15.6 Å². The van der Waals surface area contributed by atoms with Gasteiger partial charge in [-0.25, -0.2) is 0 Å². The van der Waals surface area contributed by atoms with Gasteiger partial charge in [0.15, 0.2) is 8.07 Å². The van der Waals surface area contributed by atoms with Gasteiger partial charge in [0.05, 0.1) is 0 Å². The molecule has 0 aliphatic rings. The molecule has 3 aromatic carbocycles. The zero-order valence-electron chi connectivity index (χ0n) is 15.8. The number of aliphatic hydroxyl groups is 1. The fraction of sp³-hybridized carbons (Fsp3) is 0.200. The average Bonchev–Trinajstić information content (AvgIpc) is 2.75. The summed E-state index contributed by atoms with van der Waals surface area (Å²) in [4.78, 5) is 0. The first-order chi connectivity index (χ1) is 13.4. The number of allylic oxidation sites excluding steroid dienone is 1. The molecule has 0 heterocycles. The lowest BCUT2D eigenvalue weighted by atomic mass is 10.2. The first kappa shape index (κ1) is 19.3. The molecule has 138 valence electrons. The number of rotatable bonds is 9. The monoisotopic (exact) mass is 372 g/mol. The molecule has 0 saturated carbocycles. The van der Waals surface area contributed by atoms with Crippen molar-refractivity contribution >= 4 is 23.6 Å². The summed E-state index contributed by atoms with van der Waals surface area (Å²) in [5, 5.41) is 13.2. The molecule has 0 aromatic heterocycles. The molecule has 27 heavy (non-hydrogen) atoms. The van der Waals surface area contributed by atoms with Crippen LogP contribution in [0.4, 0.5) is 0 Å². The summed E-state index contributed by atoms with van der Waals surface area (Å²) in [5.41, 5.74) is 2.51. The predicted molar refractivity (Wildman–Crippen MR) is 119 cm³/mol. The van der Waals surface area contributed by atoms with E-state index in [1.54, 1.807) is 0 Å². The minimum atomic E-state index is -2.22. The lowest BCUT2D eigenvalue weighted by Gasteiger charge is -2.30. The van der Waals surface area contributed by atoms with Crippen LogP contribution in [0, 0.1) is 0 Å². The third kappa shape index (κ3) is 4.65. The van der Waals surface area contributed by atoms with Gasteiger partial charge in [0.25, 0.3) is 0 Å². The lowest BCUT2D eigenvalue weighted by Crippen LogP contribution is -2.66. The normalized spacial score (nSPS) is 11.7. The SMILES string of the molecule is OCCCCC/C=C/[Si](c1ccccc1)(c1ccccc1)c1ccccc1. The van der Waals surface area contributed by atoms with Crippen molar-refractivity contribution in [3.63, 3.8) is 0 Å². The molecule has 0 atom stereocenters. The standard InChI is InChI=1S/C25H28OSi/c26-21-13-2-1-3-14-22-27(23-15-7-4-8-16-23,24-17-9-5-10-18-24)25-19-11-6-12-20-25/h4-12,14-20,22,26H,1-3,13,21H2/b22-14+. The molecule has 2 heteroatoms. The van der Waals surface area contributed by atoms with Gasteiger partial charge < -0.3 is 5.11 Å². The number of hydrogen-bond acceptors (Lipinski definition) is 1. The summed E-state index contributed by atoms with van der Waals surface area (Å²) in [6, 6.07) is 32.9. The zero-order chi connectivity index (χ0) is 18.8. The van der Waals surface area contributed by atoms with Gasteiger partial charge in [-0.15, -0.1) is 0 Å². The second-order valence-electron chi connectivity index (χ2n) is 6.88. The Morgan fingerprint density at radius 1 is 0.593 bits per heavy atom. The van der Waals surface area contributed by atoms with Gasteiger partial charge in [0, 0.05) is 6.61 Å². The second-order valence-corrected chi connectivity index (χ2v) is 10.6. The molecule has 0 fully saturated rings. The van der Waals surface area contributed by atoms with E-state index in [1.807, 2.05) is 0 Å². The summed E-state index contributed by atoms with van der Waals surface area (Å²) in [7, 11) is -2.22. The Bertz CT molecular complexity index is 716. The second kappa shape index (κ2) is 10.1. The summed E-state index contributed by atoms with van der Waals surface area (Å²) >= 11 is 0. The van der Waals surface area contributed by atoms with Crippen molar-refractivity contribution in [1.29, 1.82) is 0 Å². The van der Waals surface area contributed by atoms with Crippen molar-refractivity contribution in [3.8, 4) is 0 Å². The van der Waals surface area contributed by atoms with Crippen molar-refractivity contribution in [3.05, 3.63) is 103 Å². The van der Waals surface area contributed by atoms with Crippen molar-refractivity contribution in [2.45, 2.75) is 25.7 Å². The molecule has 0 aliphatic carbocycles. The maximum Gasteiger partial charge on any atom is 0.172 e. The number of aliphatic hydroxyl groups excluding tert-OH is 1. The smallest absolute Gasteiger partial charge is 0.172 e. The maximum atomic E-state index is 8.99. The number of benzene rings is 3. The van der Waals surface area contributed by atoms with Crippen LogP contribution in [0.25, 0.3) is 0 Å². The van der Waals surface area contributed by atoms with Crippen molar-refractivity contribution in [2.24, 2.45) is 0 Å². The van der Waals surface area contributed by atoms with E-state index in [0.29, 0.717) is 6.61 Å². The molecular weight excluding hydrogens is 344 g/mol. The Labute approximate surface area is 164 Å². The quantitative estimate of drug-likeness (QED) is 0.344. The average molecular weight is 373 g/mol. The van der Waals surface area contributed by atoms with Gasteiger partial charge in [-0.3, -0.25) is 0 Å². The van der Waals surface area contributed by atoms with Crippen LogP contribution in [0.5, 0.6) is 0 Å². The highest BCUT2D eigenvalue weighted by atomic mass is 28.3. The molecule has 0 amide bonds. The van der Waals surface area contributed by atoms with Gasteiger partial charge in [-0.05, 0) is 34.8 Å². The minimum absolute atomic E-state index is 0.292. The van der Waals surface area contributed by atoms with E-state index < -0.39 is 8.07 Å². The largest absolute Gasteiger partial charge is 0.396 e. The van der Waals surface area contributed by atoms with Crippen LogP contribution in [-0.2, 0) is 0 Å². The summed E-state index contributed by atoms with van der Waals surface area (Å²) in [6.45, 7) is 0.292. The summed E-state index contributed by atoms with van der Waals surface area (Å²) in [5.74, 6) is 0.